The van der Waals surface area contributed by atoms with Crippen molar-refractivity contribution in [3.8, 4) is 5.75 Å². The Labute approximate surface area is 220 Å². The van der Waals surface area contributed by atoms with Crippen molar-refractivity contribution in [2.24, 2.45) is 5.92 Å². The van der Waals surface area contributed by atoms with E-state index in [-0.39, 0.29) is 24.4 Å². The van der Waals surface area contributed by atoms with Crippen LogP contribution in [-0.4, -0.2) is 75.6 Å². The lowest BCUT2D eigenvalue weighted by Gasteiger charge is -2.29. The summed E-state index contributed by atoms with van der Waals surface area (Å²) in [7, 11) is 0. The number of carboxylic acids is 1. The van der Waals surface area contributed by atoms with E-state index in [4.69, 9.17) is 4.74 Å². The molecule has 1 aromatic heterocycles. The molecule has 2 aromatic rings. The molecule has 8 heteroatoms. The third kappa shape index (κ3) is 6.66. The standard InChI is InChI=1S/C29H40N4O4/c1-3-5-15-32(16-6-4-2)27(34)20-33-19-23(21-8-10-25-22(18-21)12-17-37-25)28(29(35)36)24(33)9-11-26-30-13-7-14-31-26/h7-8,10,13-14,18,23-24,28H,3-6,9,11-12,15-17,19-20H2,1-2H3,(H,35,36)/t23-,24+,28?/m1/s1. The molecule has 3 heterocycles. The second kappa shape index (κ2) is 13.0. The summed E-state index contributed by atoms with van der Waals surface area (Å²) in [5.41, 5.74) is 2.15. The minimum Gasteiger partial charge on any atom is -0.493 e. The molecule has 1 fully saturated rings. The first-order chi connectivity index (χ1) is 18.0. The zero-order valence-corrected chi connectivity index (χ0v) is 22.1. The minimum atomic E-state index is -0.815. The average molecular weight is 509 g/mol. The van der Waals surface area contributed by atoms with Gasteiger partial charge in [0, 0.05) is 56.8 Å². The maximum absolute atomic E-state index is 13.5. The van der Waals surface area contributed by atoms with Crippen molar-refractivity contribution in [3.05, 3.63) is 53.6 Å². The molecule has 0 spiro atoms. The Bertz CT molecular complexity index is 1040. The third-order valence-electron chi connectivity index (χ3n) is 7.71. The number of hydrogen-bond donors (Lipinski definition) is 1. The van der Waals surface area contributed by atoms with Crippen LogP contribution in [0.2, 0.25) is 0 Å². The fourth-order valence-electron chi connectivity index (χ4n) is 5.70. The van der Waals surface area contributed by atoms with E-state index in [1.807, 2.05) is 17.0 Å². The van der Waals surface area contributed by atoms with Gasteiger partial charge in [-0.1, -0.05) is 38.8 Å². The monoisotopic (exact) mass is 508 g/mol. The number of carboxylic acid groups (broad SMARTS) is 1. The lowest BCUT2D eigenvalue weighted by atomic mass is 9.83. The molecule has 0 aliphatic carbocycles. The fourth-order valence-corrected chi connectivity index (χ4v) is 5.70. The predicted molar refractivity (Wildman–Crippen MR) is 142 cm³/mol. The van der Waals surface area contributed by atoms with Gasteiger partial charge in [-0.3, -0.25) is 14.5 Å². The summed E-state index contributed by atoms with van der Waals surface area (Å²) in [5.74, 6) is 0.0539. The molecule has 0 bridgehead atoms. The van der Waals surface area contributed by atoms with Crippen molar-refractivity contribution in [2.75, 3.05) is 32.8 Å². The number of unbranched alkanes of at least 4 members (excludes halogenated alkanes) is 2. The molecule has 1 aromatic carbocycles. The predicted octanol–water partition coefficient (Wildman–Crippen LogP) is 3.94. The topological polar surface area (TPSA) is 95.9 Å². The van der Waals surface area contributed by atoms with E-state index in [9.17, 15) is 14.7 Å². The van der Waals surface area contributed by atoms with Crippen LogP contribution in [0.4, 0.5) is 0 Å². The summed E-state index contributed by atoms with van der Waals surface area (Å²) in [6.07, 6.45) is 9.43. The summed E-state index contributed by atoms with van der Waals surface area (Å²) in [5, 5.41) is 10.4. The van der Waals surface area contributed by atoms with Gasteiger partial charge in [-0.05, 0) is 42.5 Å². The molecule has 1 amide bonds. The molecular weight excluding hydrogens is 468 g/mol. The molecule has 1 saturated heterocycles. The minimum absolute atomic E-state index is 0.0926. The molecule has 2 aliphatic rings. The summed E-state index contributed by atoms with van der Waals surface area (Å²) in [6.45, 7) is 7.21. The van der Waals surface area contributed by atoms with Crippen LogP contribution in [0.25, 0.3) is 0 Å². The van der Waals surface area contributed by atoms with Crippen LogP contribution in [0.15, 0.2) is 36.7 Å². The summed E-state index contributed by atoms with van der Waals surface area (Å²) in [6, 6.07) is 7.58. The van der Waals surface area contributed by atoms with Gasteiger partial charge in [0.25, 0.3) is 0 Å². The Morgan fingerprint density at radius 3 is 2.54 bits per heavy atom. The summed E-state index contributed by atoms with van der Waals surface area (Å²) < 4.78 is 5.67. The number of ether oxygens (including phenoxy) is 1. The highest BCUT2D eigenvalue weighted by molar-refractivity contribution is 5.79. The first kappa shape index (κ1) is 27.0. The second-order valence-electron chi connectivity index (χ2n) is 10.2. The van der Waals surface area contributed by atoms with E-state index in [2.05, 4.69) is 34.8 Å². The van der Waals surface area contributed by atoms with Crippen molar-refractivity contribution < 1.29 is 19.4 Å². The van der Waals surface area contributed by atoms with E-state index in [1.54, 1.807) is 18.5 Å². The van der Waals surface area contributed by atoms with Crippen molar-refractivity contribution in [1.82, 2.24) is 19.8 Å². The van der Waals surface area contributed by atoms with E-state index in [0.717, 1.165) is 62.1 Å². The zero-order valence-electron chi connectivity index (χ0n) is 22.1. The molecule has 0 radical (unpaired) electrons. The number of aromatic nitrogens is 2. The summed E-state index contributed by atoms with van der Waals surface area (Å²) in [4.78, 5) is 39.0. The zero-order chi connectivity index (χ0) is 26.2. The van der Waals surface area contributed by atoms with Crippen LogP contribution in [0, 0.1) is 5.92 Å². The number of likely N-dealkylation sites (tertiary alicyclic amines) is 1. The van der Waals surface area contributed by atoms with E-state index >= 15 is 0 Å². The van der Waals surface area contributed by atoms with Gasteiger partial charge in [0.05, 0.1) is 19.1 Å². The highest BCUT2D eigenvalue weighted by Gasteiger charge is 2.47. The van der Waals surface area contributed by atoms with Crippen molar-refractivity contribution in [1.29, 1.82) is 0 Å². The molecule has 3 atom stereocenters. The first-order valence-electron chi connectivity index (χ1n) is 13.8. The molecule has 1 N–H and O–H groups in total. The lowest BCUT2D eigenvalue weighted by Crippen LogP contribution is -2.44. The number of nitrogens with zero attached hydrogens (tertiary/aromatic N) is 4. The number of carbonyl (C=O) groups is 2. The number of aryl methyl sites for hydroxylation is 1. The Morgan fingerprint density at radius 2 is 1.86 bits per heavy atom. The molecule has 37 heavy (non-hydrogen) atoms. The normalized spacial score (nSPS) is 21.0. The SMILES string of the molecule is CCCCN(CCCC)C(=O)CN1C[C@H](c2ccc3c(c2)CCO3)C(C(=O)O)[C@@H]1CCc1ncccn1. The largest absolute Gasteiger partial charge is 0.493 e. The van der Waals surface area contributed by atoms with Gasteiger partial charge < -0.3 is 14.7 Å². The van der Waals surface area contributed by atoms with Crippen LogP contribution < -0.4 is 4.74 Å². The molecule has 200 valence electrons. The van der Waals surface area contributed by atoms with Crippen LogP contribution in [0.1, 0.15) is 68.8 Å². The maximum Gasteiger partial charge on any atom is 0.308 e. The highest BCUT2D eigenvalue weighted by atomic mass is 16.5. The Kier molecular flexibility index (Phi) is 9.50. The second-order valence-corrected chi connectivity index (χ2v) is 10.2. The smallest absolute Gasteiger partial charge is 0.308 e. The quantitative estimate of drug-likeness (QED) is 0.438. The number of aliphatic carboxylic acids is 1. The van der Waals surface area contributed by atoms with Gasteiger partial charge in [-0.15, -0.1) is 0 Å². The molecule has 8 nitrogen and oxygen atoms in total. The molecule has 1 unspecified atom stereocenters. The van der Waals surface area contributed by atoms with E-state index < -0.39 is 11.9 Å². The Morgan fingerprint density at radius 1 is 1.14 bits per heavy atom. The number of carbonyl (C=O) groups excluding carboxylic acids is 1. The van der Waals surface area contributed by atoms with E-state index in [1.165, 1.54) is 0 Å². The van der Waals surface area contributed by atoms with Gasteiger partial charge in [-0.2, -0.15) is 0 Å². The number of fused-ring (bicyclic) bond motifs is 1. The van der Waals surface area contributed by atoms with Crippen molar-refractivity contribution in [2.45, 2.75) is 70.8 Å². The lowest BCUT2D eigenvalue weighted by molar-refractivity contribution is -0.143. The molecule has 0 saturated carbocycles. The van der Waals surface area contributed by atoms with Crippen LogP contribution in [0.3, 0.4) is 0 Å². The van der Waals surface area contributed by atoms with Gasteiger partial charge in [-0.25, -0.2) is 9.97 Å². The molecule has 2 aliphatic heterocycles. The average Bonchev–Trinajstić information content (AvgIpc) is 3.52. The van der Waals surface area contributed by atoms with Gasteiger partial charge in [0.1, 0.15) is 11.6 Å². The number of benzene rings is 1. The van der Waals surface area contributed by atoms with Crippen LogP contribution in [0.5, 0.6) is 5.75 Å². The molecule has 4 rings (SSSR count). The Hall–Kier alpha value is -3.00. The van der Waals surface area contributed by atoms with Gasteiger partial charge in [0.2, 0.25) is 5.91 Å². The van der Waals surface area contributed by atoms with Crippen molar-refractivity contribution in [3.63, 3.8) is 0 Å². The van der Waals surface area contributed by atoms with Crippen molar-refractivity contribution >= 4 is 11.9 Å². The van der Waals surface area contributed by atoms with Crippen LogP contribution in [-0.2, 0) is 22.4 Å². The maximum atomic E-state index is 13.5. The van der Waals surface area contributed by atoms with Crippen LogP contribution >= 0.6 is 0 Å². The number of amides is 1. The van der Waals surface area contributed by atoms with Gasteiger partial charge >= 0.3 is 5.97 Å². The summed E-state index contributed by atoms with van der Waals surface area (Å²) >= 11 is 0. The number of rotatable bonds is 13. The number of hydrogen-bond acceptors (Lipinski definition) is 6. The van der Waals surface area contributed by atoms with E-state index in [0.29, 0.717) is 31.8 Å². The molecular formula is C29H40N4O4. The first-order valence-corrected chi connectivity index (χ1v) is 13.8. The fraction of sp³-hybridized carbons (Fsp3) is 0.586. The highest BCUT2D eigenvalue weighted by Crippen LogP contribution is 2.41. The van der Waals surface area contributed by atoms with Gasteiger partial charge in [0.15, 0.2) is 0 Å². The third-order valence-corrected chi connectivity index (χ3v) is 7.71. The Balaban J connectivity index is 1.59.